The van der Waals surface area contributed by atoms with E-state index in [0.29, 0.717) is 0 Å². The van der Waals surface area contributed by atoms with Crippen LogP contribution in [-0.4, -0.2) is 43.1 Å². The van der Waals surface area contributed by atoms with Gasteiger partial charge in [-0.15, -0.1) is 0 Å². The number of aliphatic carboxylic acids is 1. The van der Waals surface area contributed by atoms with Gasteiger partial charge in [0.2, 0.25) is 0 Å². The first-order valence-electron chi connectivity index (χ1n) is 4.97. The van der Waals surface area contributed by atoms with Crippen molar-refractivity contribution in [2.24, 2.45) is 0 Å². The first-order valence-corrected chi connectivity index (χ1v) is 1.85. The summed E-state index contributed by atoms with van der Waals surface area (Å²) < 4.78 is 34.3. The van der Waals surface area contributed by atoms with Gasteiger partial charge in [0, 0.05) is 0 Å². The van der Waals surface area contributed by atoms with E-state index < -0.39 is 38.0 Å². The van der Waals surface area contributed by atoms with Crippen molar-refractivity contribution < 1.29 is 21.2 Å². The summed E-state index contributed by atoms with van der Waals surface area (Å²) in [4.78, 5) is 10.5. The first-order chi connectivity index (χ1) is 5.88. The zero-order valence-electron chi connectivity index (χ0n) is 9.42. The third kappa shape index (κ3) is 5.43. The zero-order valence-corrected chi connectivity index (χ0v) is 4.42. The third-order valence-electron chi connectivity index (χ3n) is 0.333. The van der Waals surface area contributed by atoms with Gasteiger partial charge in [-0.3, -0.25) is 0 Å². The molecule has 48 valence electrons. The van der Waals surface area contributed by atoms with Gasteiger partial charge in [-0.05, 0) is 0 Å². The van der Waals surface area contributed by atoms with Crippen molar-refractivity contribution in [1.82, 2.24) is 0 Å². The van der Waals surface area contributed by atoms with Crippen LogP contribution in [0.3, 0.4) is 0 Å². The SMILES string of the molecule is [2H]C[N+](C[2H])(C[2H])[13C]([2H])([2H])C(=O)O. The lowest BCUT2D eigenvalue weighted by atomic mass is 10.8. The molecule has 8 heavy (non-hydrogen) atoms. The summed E-state index contributed by atoms with van der Waals surface area (Å²) in [6.07, 6.45) is 0. The summed E-state index contributed by atoms with van der Waals surface area (Å²) in [5.41, 5.74) is 0. The number of hydrogen-bond donors (Lipinski definition) is 1. The molecule has 0 aromatic carbocycles. The van der Waals surface area contributed by atoms with E-state index in [-0.39, 0.29) is 0 Å². The van der Waals surface area contributed by atoms with Crippen molar-refractivity contribution in [2.75, 3.05) is 27.6 Å². The number of nitrogens with zero attached hydrogens (tertiary/aromatic N) is 1. The molecule has 0 saturated carbocycles. The normalized spacial score (nSPS) is 21.8. The fraction of sp³-hybridized carbons (Fsp3) is 0.800. The highest BCUT2D eigenvalue weighted by atomic mass is 16.4. The van der Waals surface area contributed by atoms with Gasteiger partial charge in [0.15, 0.2) is 6.50 Å². The molecule has 0 bridgehead atoms. The second-order valence-electron chi connectivity index (χ2n) is 1.56. The van der Waals surface area contributed by atoms with Crippen LogP contribution in [0.5, 0.6) is 0 Å². The number of carboxylic acid groups (broad SMARTS) is 1. The van der Waals surface area contributed by atoms with Gasteiger partial charge in [-0.1, -0.05) is 0 Å². The number of carbonyl (C=O) groups is 1. The van der Waals surface area contributed by atoms with E-state index in [4.69, 9.17) is 12.0 Å². The van der Waals surface area contributed by atoms with E-state index >= 15 is 0 Å². The Hall–Kier alpha value is -0.570. The number of hydrogen-bond acceptors (Lipinski definition) is 1. The zero-order chi connectivity index (χ0) is 10.7. The fourth-order valence-corrected chi connectivity index (χ4v) is 0.203. The molecule has 1 N–H and O–H groups in total. The smallest absolute Gasteiger partial charge is 0.359 e. The quantitative estimate of drug-likeness (QED) is 0.408. The topological polar surface area (TPSA) is 37.3 Å². The Morgan fingerprint density at radius 1 is 1.88 bits per heavy atom. The van der Waals surface area contributed by atoms with Crippen molar-refractivity contribution in [3.8, 4) is 0 Å². The molecule has 0 spiro atoms. The lowest BCUT2D eigenvalue weighted by molar-refractivity contribution is -0.862. The van der Waals surface area contributed by atoms with Gasteiger partial charge in [0.25, 0.3) is 0 Å². The van der Waals surface area contributed by atoms with Crippen LogP contribution >= 0.6 is 0 Å². The Morgan fingerprint density at radius 3 is 2.50 bits per heavy atom. The largest absolute Gasteiger partial charge is 0.477 e. The summed E-state index contributed by atoms with van der Waals surface area (Å²) in [5, 5.41) is 8.53. The van der Waals surface area contributed by atoms with Crippen LogP contribution < -0.4 is 0 Å². The van der Waals surface area contributed by atoms with Crippen molar-refractivity contribution in [3.05, 3.63) is 0 Å². The number of likely N-dealkylation sites (N-methyl/N-ethyl adjacent to an activating group) is 1. The number of quaternary nitrogens is 1. The molecular weight excluding hydrogens is 107 g/mol. The Balaban J connectivity index is 5.02. The summed E-state index contributed by atoms with van der Waals surface area (Å²) in [6, 6.07) is 0. The maximum atomic E-state index is 10.5. The Labute approximate surface area is 56.1 Å². The van der Waals surface area contributed by atoms with Gasteiger partial charge >= 0.3 is 5.97 Å². The standard InChI is InChI=1S/C5H11NO2/c1-6(2,3)4-5(7)8/h4H2,1-3H3/p+1/i1D,2D,3D,4+1D2. The van der Waals surface area contributed by atoms with Crippen molar-refractivity contribution in [2.45, 2.75) is 0 Å². The highest BCUT2D eigenvalue weighted by Gasteiger charge is 2.11. The fourth-order valence-electron chi connectivity index (χ4n) is 0.203. The van der Waals surface area contributed by atoms with E-state index in [1.165, 1.54) is 0 Å². The molecule has 0 saturated heterocycles. The van der Waals surface area contributed by atoms with Crippen molar-refractivity contribution >= 4 is 5.97 Å². The van der Waals surface area contributed by atoms with Crippen LogP contribution in [0, 0.1) is 0 Å². The van der Waals surface area contributed by atoms with Crippen LogP contribution in [0.25, 0.3) is 0 Å². The lowest BCUT2D eigenvalue weighted by Gasteiger charge is -2.20. The van der Waals surface area contributed by atoms with E-state index in [0.717, 1.165) is 0 Å². The van der Waals surface area contributed by atoms with Crippen LogP contribution in [0.2, 0.25) is 0 Å². The minimum Gasteiger partial charge on any atom is -0.477 e. The molecule has 0 aliphatic heterocycles. The third-order valence-corrected chi connectivity index (χ3v) is 0.333. The van der Waals surface area contributed by atoms with Crippen LogP contribution in [-0.2, 0) is 4.79 Å². The predicted octanol–water partition coefficient (Wildman–Crippen LogP) is -0.223. The molecule has 0 unspecified atom stereocenters. The summed E-state index contributed by atoms with van der Waals surface area (Å²) in [5.74, 6) is -1.74. The van der Waals surface area contributed by atoms with Gasteiger partial charge in [-0.25, -0.2) is 4.79 Å². The molecular formula is C5H12NO2+. The molecule has 0 fully saturated rings. The summed E-state index contributed by atoms with van der Waals surface area (Å²) >= 11 is 0. The molecule has 0 aromatic rings. The second kappa shape index (κ2) is 2.13. The van der Waals surface area contributed by atoms with Gasteiger partial charge in [-0.2, -0.15) is 0 Å². The highest BCUT2D eigenvalue weighted by Crippen LogP contribution is 1.86. The molecule has 0 aliphatic rings. The van der Waals surface area contributed by atoms with E-state index in [1.54, 1.807) is 0 Å². The monoisotopic (exact) mass is 124 g/mol. The molecule has 0 rings (SSSR count). The van der Waals surface area contributed by atoms with Crippen molar-refractivity contribution in [3.63, 3.8) is 0 Å². The Morgan fingerprint density at radius 2 is 2.38 bits per heavy atom. The lowest BCUT2D eigenvalue weighted by Crippen LogP contribution is -2.39. The Kier molecular flexibility index (Phi) is 0.627. The molecule has 0 radical (unpaired) electrons. The van der Waals surface area contributed by atoms with Crippen molar-refractivity contribution in [1.29, 1.82) is 0 Å². The molecule has 3 heteroatoms. The minimum absolute atomic E-state index is 0.633. The van der Waals surface area contributed by atoms with Gasteiger partial charge in [0.1, 0.15) is 2.74 Å². The van der Waals surface area contributed by atoms with Crippen LogP contribution in [0.15, 0.2) is 0 Å². The Bertz CT molecular complexity index is 185. The number of rotatable bonds is 2. The molecule has 3 nitrogen and oxygen atoms in total. The maximum Gasteiger partial charge on any atom is 0.359 e. The van der Waals surface area contributed by atoms with Gasteiger partial charge < -0.3 is 9.59 Å². The van der Waals surface area contributed by atoms with E-state index in [1.807, 2.05) is 0 Å². The summed E-state index contributed by atoms with van der Waals surface area (Å²) in [7, 11) is -1.90. The molecule has 0 atom stereocenters. The van der Waals surface area contributed by atoms with E-state index in [2.05, 4.69) is 0 Å². The van der Waals surface area contributed by atoms with E-state index in [9.17, 15) is 4.79 Å². The number of carboxylic acids is 1. The molecule has 0 heterocycles. The molecule has 0 aliphatic carbocycles. The van der Waals surface area contributed by atoms with Crippen LogP contribution in [0.1, 0.15) is 6.85 Å². The second-order valence-corrected chi connectivity index (χ2v) is 1.56. The first kappa shape index (κ1) is 2.35. The maximum absolute atomic E-state index is 10.5. The highest BCUT2D eigenvalue weighted by molar-refractivity contribution is 5.67. The van der Waals surface area contributed by atoms with Crippen LogP contribution in [0.4, 0.5) is 0 Å². The average molecular weight is 124 g/mol. The van der Waals surface area contributed by atoms with Gasteiger partial charge in [0.05, 0.1) is 25.2 Å². The molecule has 0 aromatic heterocycles. The minimum atomic E-state index is -2.74. The predicted molar refractivity (Wildman–Crippen MR) is 30.5 cm³/mol. The molecule has 0 amide bonds. The summed E-state index contributed by atoms with van der Waals surface area (Å²) in [6.45, 7) is -2.74. The average Bonchev–Trinajstić information content (AvgIpc) is 2.08.